The lowest BCUT2D eigenvalue weighted by atomic mass is 9.98. The first-order chi connectivity index (χ1) is 12.2. The predicted molar refractivity (Wildman–Crippen MR) is 102 cm³/mol. The van der Waals surface area contributed by atoms with E-state index in [-0.39, 0.29) is 18.0 Å². The van der Waals surface area contributed by atoms with Crippen molar-refractivity contribution in [3.05, 3.63) is 102 Å². The van der Waals surface area contributed by atoms with Gasteiger partial charge in [-0.05, 0) is 30.2 Å². The molecule has 0 aliphatic rings. The van der Waals surface area contributed by atoms with E-state index in [1.165, 1.54) is 0 Å². The lowest BCUT2D eigenvalue weighted by molar-refractivity contribution is -0.122. The molecule has 0 saturated carbocycles. The van der Waals surface area contributed by atoms with Crippen molar-refractivity contribution in [1.82, 2.24) is 5.32 Å². The first-order valence-electron chi connectivity index (χ1n) is 8.46. The molecule has 0 bridgehead atoms. The molecule has 3 rings (SSSR count). The summed E-state index contributed by atoms with van der Waals surface area (Å²) in [5.74, 6) is -0.0402. The lowest BCUT2D eigenvalue weighted by Gasteiger charge is -2.23. The fraction of sp³-hybridized carbons (Fsp3) is 0.136. The van der Waals surface area contributed by atoms with Crippen LogP contribution in [0, 0.1) is 0 Å². The van der Waals surface area contributed by atoms with Gasteiger partial charge in [0.15, 0.2) is 0 Å². The Bertz CT molecular complexity index is 749. The molecule has 0 heterocycles. The van der Waals surface area contributed by atoms with E-state index in [0.717, 1.165) is 16.8 Å². The highest BCUT2D eigenvalue weighted by Gasteiger charge is 2.20. The molecular formula is C22H22N2O. The quantitative estimate of drug-likeness (QED) is 0.703. The van der Waals surface area contributed by atoms with Gasteiger partial charge in [0.1, 0.15) is 6.04 Å². The van der Waals surface area contributed by atoms with Crippen LogP contribution in [0.25, 0.3) is 0 Å². The molecule has 3 aromatic rings. The number of rotatable bonds is 6. The van der Waals surface area contributed by atoms with Gasteiger partial charge in [0.2, 0.25) is 5.91 Å². The Morgan fingerprint density at radius 3 is 1.64 bits per heavy atom. The third kappa shape index (κ3) is 4.48. The average molecular weight is 330 g/mol. The Morgan fingerprint density at radius 1 is 0.720 bits per heavy atom. The van der Waals surface area contributed by atoms with Gasteiger partial charge in [-0.15, -0.1) is 0 Å². The molecule has 0 spiro atoms. The first kappa shape index (κ1) is 16.8. The van der Waals surface area contributed by atoms with Crippen molar-refractivity contribution in [3.63, 3.8) is 0 Å². The Hall–Kier alpha value is -3.07. The fourth-order valence-electron chi connectivity index (χ4n) is 2.77. The van der Waals surface area contributed by atoms with Gasteiger partial charge in [0.05, 0.1) is 6.04 Å². The molecule has 0 radical (unpaired) electrons. The van der Waals surface area contributed by atoms with Gasteiger partial charge in [-0.3, -0.25) is 4.79 Å². The van der Waals surface area contributed by atoms with Crippen LogP contribution >= 0.6 is 0 Å². The lowest BCUT2D eigenvalue weighted by Crippen LogP contribution is -2.40. The van der Waals surface area contributed by atoms with E-state index in [2.05, 4.69) is 10.6 Å². The van der Waals surface area contributed by atoms with Gasteiger partial charge in [-0.1, -0.05) is 78.9 Å². The molecule has 0 aromatic heterocycles. The number of hydrogen-bond acceptors (Lipinski definition) is 2. The summed E-state index contributed by atoms with van der Waals surface area (Å²) < 4.78 is 0. The van der Waals surface area contributed by atoms with Crippen molar-refractivity contribution in [1.29, 1.82) is 0 Å². The van der Waals surface area contributed by atoms with Crippen molar-refractivity contribution < 1.29 is 4.79 Å². The van der Waals surface area contributed by atoms with Crippen LogP contribution in [0.4, 0.5) is 5.69 Å². The molecule has 126 valence electrons. The van der Waals surface area contributed by atoms with E-state index in [0.29, 0.717) is 0 Å². The van der Waals surface area contributed by atoms with Crippen molar-refractivity contribution in [2.75, 3.05) is 5.32 Å². The maximum Gasteiger partial charge on any atom is 0.242 e. The molecule has 1 atom stereocenters. The summed E-state index contributed by atoms with van der Waals surface area (Å²) in [7, 11) is 0. The highest BCUT2D eigenvalue weighted by molar-refractivity contribution is 5.84. The summed E-state index contributed by atoms with van der Waals surface area (Å²) in [5, 5.41) is 6.41. The Balaban J connectivity index is 1.77. The number of amides is 1. The summed E-state index contributed by atoms with van der Waals surface area (Å²) in [6.07, 6.45) is 0. The van der Waals surface area contributed by atoms with Gasteiger partial charge in [0, 0.05) is 5.69 Å². The average Bonchev–Trinajstić information content (AvgIpc) is 2.68. The van der Waals surface area contributed by atoms with Crippen molar-refractivity contribution in [2.24, 2.45) is 0 Å². The molecule has 1 amide bonds. The second-order valence-electron chi connectivity index (χ2n) is 6.00. The van der Waals surface area contributed by atoms with Crippen LogP contribution in [0.15, 0.2) is 91.0 Å². The van der Waals surface area contributed by atoms with Gasteiger partial charge in [0.25, 0.3) is 0 Å². The molecule has 0 unspecified atom stereocenters. The largest absolute Gasteiger partial charge is 0.374 e. The summed E-state index contributed by atoms with van der Waals surface area (Å²) in [5.41, 5.74) is 3.06. The second-order valence-corrected chi connectivity index (χ2v) is 6.00. The van der Waals surface area contributed by atoms with E-state index in [1.54, 1.807) is 0 Å². The second kappa shape index (κ2) is 8.15. The zero-order valence-corrected chi connectivity index (χ0v) is 14.2. The SMILES string of the molecule is C[C@@H](Nc1ccccc1)C(=O)NC(c1ccccc1)c1ccccc1. The Morgan fingerprint density at radius 2 is 1.16 bits per heavy atom. The molecular weight excluding hydrogens is 308 g/mol. The fourth-order valence-corrected chi connectivity index (χ4v) is 2.77. The minimum Gasteiger partial charge on any atom is -0.374 e. The third-order valence-electron chi connectivity index (χ3n) is 4.10. The molecule has 2 N–H and O–H groups in total. The predicted octanol–water partition coefficient (Wildman–Crippen LogP) is 4.39. The van der Waals surface area contributed by atoms with Gasteiger partial charge < -0.3 is 10.6 Å². The minimum atomic E-state index is -0.336. The Labute approximate surface area is 148 Å². The molecule has 0 fully saturated rings. The summed E-state index contributed by atoms with van der Waals surface area (Å²) in [6.45, 7) is 1.87. The molecule has 0 aliphatic carbocycles. The van der Waals surface area contributed by atoms with Gasteiger partial charge >= 0.3 is 0 Å². The summed E-state index contributed by atoms with van der Waals surface area (Å²) in [6, 6.07) is 29.3. The van der Waals surface area contributed by atoms with Crippen LogP contribution < -0.4 is 10.6 Å². The van der Waals surface area contributed by atoms with E-state index in [9.17, 15) is 4.79 Å². The van der Waals surface area contributed by atoms with Gasteiger partial charge in [-0.2, -0.15) is 0 Å². The van der Waals surface area contributed by atoms with Crippen LogP contribution in [0.5, 0.6) is 0 Å². The maximum atomic E-state index is 12.7. The zero-order chi connectivity index (χ0) is 17.5. The van der Waals surface area contributed by atoms with Crippen LogP contribution in [0.2, 0.25) is 0 Å². The summed E-state index contributed by atoms with van der Waals surface area (Å²) >= 11 is 0. The number of carbonyl (C=O) groups is 1. The molecule has 3 heteroatoms. The highest BCUT2D eigenvalue weighted by atomic mass is 16.2. The van der Waals surface area contributed by atoms with Crippen LogP contribution in [-0.4, -0.2) is 11.9 Å². The van der Waals surface area contributed by atoms with E-state index >= 15 is 0 Å². The van der Waals surface area contributed by atoms with Crippen LogP contribution in [-0.2, 0) is 4.79 Å². The standard InChI is InChI=1S/C22H22N2O/c1-17(23-20-15-9-4-10-16-20)22(25)24-21(18-11-5-2-6-12-18)19-13-7-3-8-14-19/h2-17,21,23H,1H3,(H,24,25)/t17-/m1/s1. The Kier molecular flexibility index (Phi) is 5.47. The molecule has 0 aliphatic heterocycles. The normalized spacial score (nSPS) is 11.8. The van der Waals surface area contributed by atoms with E-state index in [1.807, 2.05) is 97.9 Å². The number of para-hydroxylation sites is 1. The maximum absolute atomic E-state index is 12.7. The van der Waals surface area contributed by atoms with E-state index in [4.69, 9.17) is 0 Å². The topological polar surface area (TPSA) is 41.1 Å². The van der Waals surface area contributed by atoms with Crippen molar-refractivity contribution >= 4 is 11.6 Å². The monoisotopic (exact) mass is 330 g/mol. The van der Waals surface area contributed by atoms with Gasteiger partial charge in [-0.25, -0.2) is 0 Å². The molecule has 3 nitrogen and oxygen atoms in total. The van der Waals surface area contributed by atoms with E-state index < -0.39 is 0 Å². The number of nitrogens with one attached hydrogen (secondary N) is 2. The molecule has 0 saturated heterocycles. The third-order valence-corrected chi connectivity index (χ3v) is 4.10. The number of hydrogen-bond donors (Lipinski definition) is 2. The number of anilines is 1. The molecule has 3 aromatic carbocycles. The highest BCUT2D eigenvalue weighted by Crippen LogP contribution is 2.22. The van der Waals surface area contributed by atoms with Crippen LogP contribution in [0.1, 0.15) is 24.1 Å². The van der Waals surface area contributed by atoms with Crippen molar-refractivity contribution in [2.45, 2.75) is 19.0 Å². The zero-order valence-electron chi connectivity index (χ0n) is 14.2. The number of benzene rings is 3. The molecule has 25 heavy (non-hydrogen) atoms. The smallest absolute Gasteiger partial charge is 0.242 e. The first-order valence-corrected chi connectivity index (χ1v) is 8.46. The number of carbonyl (C=O) groups excluding carboxylic acids is 1. The van der Waals surface area contributed by atoms with Crippen molar-refractivity contribution in [3.8, 4) is 0 Å². The summed E-state index contributed by atoms with van der Waals surface area (Å²) in [4.78, 5) is 12.7. The van der Waals surface area contributed by atoms with Crippen LogP contribution in [0.3, 0.4) is 0 Å². The minimum absolute atomic E-state index is 0.0402.